The molecular formula is C31H33ClN6O2. The molecule has 1 fully saturated rings. The van der Waals surface area contributed by atoms with Gasteiger partial charge in [0.1, 0.15) is 11.2 Å². The molecule has 2 aromatic carbocycles. The van der Waals surface area contributed by atoms with E-state index in [1.807, 2.05) is 59.1 Å². The number of nitriles is 1. The van der Waals surface area contributed by atoms with Crippen molar-refractivity contribution in [1.82, 2.24) is 24.5 Å². The maximum absolute atomic E-state index is 13.6. The maximum Gasteiger partial charge on any atom is 0.331 e. The fraction of sp³-hybridized carbons (Fsp3) is 0.419. The number of carbonyl (C=O) groups excluding carboxylic acids is 1. The molecule has 4 aromatic rings. The molecule has 6 rings (SSSR count). The van der Waals surface area contributed by atoms with Crippen molar-refractivity contribution in [3.63, 3.8) is 0 Å². The molecular weight excluding hydrogens is 524 g/mol. The minimum atomic E-state index is -0.889. The molecule has 1 saturated heterocycles. The smallest absolute Gasteiger partial charge is 0.331 e. The number of ether oxygens (including phenoxy) is 1. The number of likely N-dealkylation sites (tertiary alicyclic amines) is 1. The van der Waals surface area contributed by atoms with Gasteiger partial charge >= 0.3 is 5.97 Å². The number of rotatable bonds is 6. The van der Waals surface area contributed by atoms with Crippen LogP contribution in [-0.2, 0) is 28.0 Å². The molecule has 40 heavy (non-hydrogen) atoms. The van der Waals surface area contributed by atoms with Crippen LogP contribution in [0.4, 0.5) is 0 Å². The Balaban J connectivity index is 1.50. The second kappa shape index (κ2) is 9.97. The Morgan fingerprint density at radius 3 is 2.83 bits per heavy atom. The number of halogens is 1. The number of methoxy groups -OCH3 is 1. The summed E-state index contributed by atoms with van der Waals surface area (Å²) in [6.45, 7) is 5.51. The van der Waals surface area contributed by atoms with Gasteiger partial charge in [-0.25, -0.2) is 4.79 Å². The molecule has 0 bridgehead atoms. The molecule has 206 valence electrons. The largest absolute Gasteiger partial charge is 0.467 e. The minimum absolute atomic E-state index is 0.117. The number of hydrogen-bond donors (Lipinski definition) is 0. The van der Waals surface area contributed by atoms with Gasteiger partial charge in [-0.2, -0.15) is 5.26 Å². The van der Waals surface area contributed by atoms with Crippen LogP contribution in [0.25, 0.3) is 22.2 Å². The van der Waals surface area contributed by atoms with Gasteiger partial charge in [-0.3, -0.25) is 4.68 Å². The number of hydrogen-bond acceptors (Lipinski definition) is 6. The van der Waals surface area contributed by atoms with Gasteiger partial charge in [-0.1, -0.05) is 54.1 Å². The van der Waals surface area contributed by atoms with Crippen molar-refractivity contribution >= 4 is 28.5 Å². The monoisotopic (exact) mass is 556 g/mol. The summed E-state index contributed by atoms with van der Waals surface area (Å²) in [5, 5.41) is 20.8. The van der Waals surface area contributed by atoms with Crippen molar-refractivity contribution in [2.45, 2.75) is 64.1 Å². The number of benzene rings is 2. The van der Waals surface area contributed by atoms with E-state index in [9.17, 15) is 10.1 Å². The SMILES string of the molecule is CC[C@@]12CCCN(C#N)[C@@H]1c1c(CCn3cc(-c4cccc(Cl)c4)nn3)c3ccccc3n1[C@@](C)(C(=O)OC)C2. The van der Waals surface area contributed by atoms with E-state index >= 15 is 0 Å². The van der Waals surface area contributed by atoms with Gasteiger partial charge in [0.25, 0.3) is 0 Å². The number of esters is 1. The number of para-hydroxylation sites is 1. The van der Waals surface area contributed by atoms with E-state index in [0.29, 0.717) is 31.0 Å². The molecule has 2 aromatic heterocycles. The summed E-state index contributed by atoms with van der Waals surface area (Å²) in [6, 6.07) is 15.7. The molecule has 0 saturated carbocycles. The minimum Gasteiger partial charge on any atom is -0.467 e. The van der Waals surface area contributed by atoms with Crippen LogP contribution in [0.2, 0.25) is 5.02 Å². The molecule has 9 heteroatoms. The average Bonchev–Trinajstić information content (AvgIpc) is 3.58. The maximum atomic E-state index is 13.6. The van der Waals surface area contributed by atoms with E-state index < -0.39 is 5.54 Å². The first-order chi connectivity index (χ1) is 19.3. The highest BCUT2D eigenvalue weighted by atomic mass is 35.5. The highest BCUT2D eigenvalue weighted by Gasteiger charge is 2.58. The van der Waals surface area contributed by atoms with E-state index in [2.05, 4.69) is 40.1 Å². The average molecular weight is 557 g/mol. The molecule has 4 heterocycles. The first kappa shape index (κ1) is 26.4. The Kier molecular flexibility index (Phi) is 6.58. The zero-order chi connectivity index (χ0) is 28.1. The Morgan fingerprint density at radius 2 is 2.08 bits per heavy atom. The Hall–Kier alpha value is -3.83. The Morgan fingerprint density at radius 1 is 1.25 bits per heavy atom. The van der Waals surface area contributed by atoms with E-state index in [1.165, 1.54) is 7.11 Å². The van der Waals surface area contributed by atoms with Crippen LogP contribution in [0.3, 0.4) is 0 Å². The quantitative estimate of drug-likeness (QED) is 0.210. The summed E-state index contributed by atoms with van der Waals surface area (Å²) < 4.78 is 9.49. The first-order valence-electron chi connectivity index (χ1n) is 13.9. The number of aromatic nitrogens is 4. The Labute approximate surface area is 239 Å². The normalized spacial score (nSPS) is 23.9. The molecule has 0 radical (unpaired) electrons. The van der Waals surface area contributed by atoms with Crippen molar-refractivity contribution in [3.05, 3.63) is 71.0 Å². The molecule has 2 aliphatic heterocycles. The second-order valence-corrected chi connectivity index (χ2v) is 11.7. The summed E-state index contributed by atoms with van der Waals surface area (Å²) in [7, 11) is 1.47. The third-order valence-corrected chi connectivity index (χ3v) is 9.38. The number of piperidine rings is 1. The van der Waals surface area contributed by atoms with Gasteiger partial charge in [-0.15, -0.1) is 5.10 Å². The lowest BCUT2D eigenvalue weighted by Crippen LogP contribution is -2.56. The van der Waals surface area contributed by atoms with Crippen LogP contribution in [0, 0.1) is 16.9 Å². The lowest BCUT2D eigenvalue weighted by atomic mass is 9.61. The van der Waals surface area contributed by atoms with Crippen molar-refractivity contribution in [3.8, 4) is 17.5 Å². The van der Waals surface area contributed by atoms with Gasteiger partial charge < -0.3 is 14.2 Å². The lowest BCUT2D eigenvalue weighted by molar-refractivity contribution is -0.156. The molecule has 0 aliphatic carbocycles. The molecule has 8 nitrogen and oxygen atoms in total. The third kappa shape index (κ3) is 3.98. The molecule has 3 atom stereocenters. The van der Waals surface area contributed by atoms with Gasteiger partial charge in [-0.05, 0) is 68.2 Å². The fourth-order valence-corrected chi connectivity index (χ4v) is 7.58. The third-order valence-electron chi connectivity index (χ3n) is 9.14. The first-order valence-corrected chi connectivity index (χ1v) is 14.3. The van der Waals surface area contributed by atoms with Gasteiger partial charge in [0.2, 0.25) is 0 Å². The van der Waals surface area contributed by atoms with Crippen LogP contribution in [-0.4, -0.2) is 44.1 Å². The summed E-state index contributed by atoms with van der Waals surface area (Å²) >= 11 is 6.19. The zero-order valence-corrected chi connectivity index (χ0v) is 23.9. The summed E-state index contributed by atoms with van der Waals surface area (Å²) in [6.07, 6.45) is 8.51. The van der Waals surface area contributed by atoms with Crippen LogP contribution >= 0.6 is 11.6 Å². The van der Waals surface area contributed by atoms with Gasteiger partial charge in [0, 0.05) is 40.3 Å². The second-order valence-electron chi connectivity index (χ2n) is 11.3. The molecule has 0 amide bonds. The number of fused-ring (bicyclic) bond motifs is 5. The summed E-state index contributed by atoms with van der Waals surface area (Å²) in [5.74, 6) is -0.246. The predicted octanol–water partition coefficient (Wildman–Crippen LogP) is 6.10. The van der Waals surface area contributed by atoms with Crippen LogP contribution in [0.5, 0.6) is 0 Å². The highest BCUT2D eigenvalue weighted by molar-refractivity contribution is 6.30. The van der Waals surface area contributed by atoms with E-state index in [4.69, 9.17) is 16.3 Å². The van der Waals surface area contributed by atoms with Crippen LogP contribution in [0.1, 0.15) is 56.8 Å². The van der Waals surface area contributed by atoms with Crippen LogP contribution in [0.15, 0.2) is 54.7 Å². The topological polar surface area (TPSA) is 89.0 Å². The van der Waals surface area contributed by atoms with Gasteiger partial charge in [0.15, 0.2) is 6.19 Å². The van der Waals surface area contributed by atoms with Crippen LogP contribution < -0.4 is 0 Å². The molecule has 0 unspecified atom stereocenters. The van der Waals surface area contributed by atoms with E-state index in [0.717, 1.165) is 52.7 Å². The fourth-order valence-electron chi connectivity index (χ4n) is 7.39. The summed E-state index contributed by atoms with van der Waals surface area (Å²) in [4.78, 5) is 15.5. The standard InChI is InChI=1S/C31H33ClN6O2/c1-4-31-14-8-15-36(20-33)28(31)27-24(13-16-37-18-25(34-35-37)21-9-7-10-22(32)17-21)23-11-5-6-12-26(23)38(27)30(2,19-31)29(39)40-3/h5-7,9-12,17-18,28H,4,8,13-16,19H2,1-3H3/t28-,30-,31+/m1/s1. The number of aryl methyl sites for hydroxylation is 2. The van der Waals surface area contributed by atoms with Crippen molar-refractivity contribution in [2.75, 3.05) is 13.7 Å². The number of nitrogens with zero attached hydrogens (tertiary/aromatic N) is 6. The van der Waals surface area contributed by atoms with Crippen molar-refractivity contribution in [2.24, 2.45) is 5.41 Å². The van der Waals surface area contributed by atoms with Crippen molar-refractivity contribution < 1.29 is 9.53 Å². The molecule has 2 aliphatic rings. The lowest BCUT2D eigenvalue weighted by Gasteiger charge is -2.56. The van der Waals surface area contributed by atoms with E-state index in [-0.39, 0.29) is 17.4 Å². The van der Waals surface area contributed by atoms with Gasteiger partial charge in [0.05, 0.1) is 19.3 Å². The molecule has 0 spiro atoms. The number of carbonyl (C=O) groups is 1. The molecule has 0 N–H and O–H groups in total. The highest BCUT2D eigenvalue weighted by Crippen LogP contribution is 2.60. The summed E-state index contributed by atoms with van der Waals surface area (Å²) in [5.41, 5.74) is 3.76. The predicted molar refractivity (Wildman–Crippen MR) is 153 cm³/mol. The van der Waals surface area contributed by atoms with Crippen molar-refractivity contribution in [1.29, 1.82) is 5.26 Å². The zero-order valence-electron chi connectivity index (χ0n) is 23.1. The Bertz CT molecular complexity index is 1640. The van der Waals surface area contributed by atoms with E-state index in [1.54, 1.807) is 0 Å².